The summed E-state index contributed by atoms with van der Waals surface area (Å²) in [5.74, 6) is 0.935. The first kappa shape index (κ1) is 19.9. The number of ether oxygens (including phenoxy) is 1. The van der Waals surface area contributed by atoms with Gasteiger partial charge in [0.2, 0.25) is 0 Å². The van der Waals surface area contributed by atoms with Crippen molar-refractivity contribution >= 4 is 17.8 Å². The van der Waals surface area contributed by atoms with Crippen LogP contribution in [-0.2, 0) is 24.6 Å². The van der Waals surface area contributed by atoms with Crippen molar-refractivity contribution in [2.45, 2.75) is 12.8 Å². The molecule has 0 atom stereocenters. The van der Waals surface area contributed by atoms with Crippen LogP contribution in [0.1, 0.15) is 11.1 Å². The van der Waals surface area contributed by atoms with E-state index in [1.54, 1.807) is 0 Å². The average molecular weight is 395 g/mol. The summed E-state index contributed by atoms with van der Waals surface area (Å²) >= 11 is 6.25. The lowest BCUT2D eigenvalue weighted by Crippen LogP contribution is -2.11. The van der Waals surface area contributed by atoms with Crippen molar-refractivity contribution in [1.82, 2.24) is 0 Å². The number of para-hydroxylation sites is 1. The zero-order valence-electron chi connectivity index (χ0n) is 15.7. The van der Waals surface area contributed by atoms with Gasteiger partial charge in [-0.1, -0.05) is 90.7 Å². The van der Waals surface area contributed by atoms with E-state index in [1.807, 2.05) is 30.3 Å². The second kappa shape index (κ2) is 10.4. The van der Waals surface area contributed by atoms with Gasteiger partial charge in [0.05, 0.1) is 6.61 Å². The van der Waals surface area contributed by atoms with Gasteiger partial charge in [0.25, 0.3) is 0 Å². The van der Waals surface area contributed by atoms with Crippen LogP contribution in [-0.4, -0.2) is 25.1 Å². The van der Waals surface area contributed by atoms with Crippen LogP contribution in [0.3, 0.4) is 0 Å². The Kier molecular flexibility index (Phi) is 7.68. The van der Waals surface area contributed by atoms with Crippen LogP contribution in [0.4, 0.5) is 0 Å². The molecule has 3 aromatic rings. The molecule has 1 nitrogen and oxygen atoms in total. The van der Waals surface area contributed by atoms with Gasteiger partial charge < -0.3 is 4.74 Å². The molecule has 0 aliphatic carbocycles. The van der Waals surface area contributed by atoms with Crippen molar-refractivity contribution in [3.63, 3.8) is 0 Å². The smallest absolute Gasteiger partial charge is 0.119 e. The average Bonchev–Trinajstić information content (AvgIpc) is 2.73. The Hall–Kier alpha value is -1.89. The molecule has 0 unspecified atom stereocenters. The third-order valence-electron chi connectivity index (χ3n) is 4.81. The lowest BCUT2D eigenvalue weighted by Gasteiger charge is -2.23. The maximum Gasteiger partial charge on any atom is 0.119 e. The van der Waals surface area contributed by atoms with Crippen LogP contribution in [0.2, 0.25) is 0 Å². The molecule has 0 saturated heterocycles. The summed E-state index contributed by atoms with van der Waals surface area (Å²) in [6, 6.07) is 30.0. The second-order valence-corrected chi connectivity index (χ2v) is 12.6. The highest BCUT2D eigenvalue weighted by Gasteiger charge is 2.17. The molecule has 0 fully saturated rings. The molecule has 0 amide bonds. The van der Waals surface area contributed by atoms with Crippen LogP contribution >= 0.6 is 6.04 Å². The predicted molar refractivity (Wildman–Crippen MR) is 121 cm³/mol. The van der Waals surface area contributed by atoms with E-state index in [9.17, 15) is 0 Å². The molecule has 3 aromatic carbocycles. The Balaban J connectivity index is 1.60. The number of hydrogen-bond acceptors (Lipinski definition) is 2. The van der Waals surface area contributed by atoms with E-state index in [1.165, 1.54) is 11.1 Å². The summed E-state index contributed by atoms with van der Waals surface area (Å²) in [4.78, 5) is 0. The first-order valence-corrected chi connectivity index (χ1v) is 12.9. The molecular formula is C24H27OPS. The Morgan fingerprint density at radius 3 is 1.52 bits per heavy atom. The zero-order chi connectivity index (χ0) is 18.8. The van der Waals surface area contributed by atoms with Crippen LogP contribution in [0.15, 0.2) is 91.0 Å². The lowest BCUT2D eigenvalue weighted by molar-refractivity contribution is 0.342. The summed E-state index contributed by atoms with van der Waals surface area (Å²) < 4.78 is 5.97. The molecule has 0 bridgehead atoms. The molecule has 0 aliphatic heterocycles. The van der Waals surface area contributed by atoms with E-state index in [2.05, 4.69) is 60.7 Å². The van der Waals surface area contributed by atoms with Crippen LogP contribution in [0.5, 0.6) is 5.75 Å². The molecule has 27 heavy (non-hydrogen) atoms. The second-order valence-electron chi connectivity index (χ2n) is 6.86. The van der Waals surface area contributed by atoms with E-state index < -0.39 is 6.04 Å². The van der Waals surface area contributed by atoms with Crippen molar-refractivity contribution in [2.24, 2.45) is 0 Å². The molecule has 3 rings (SSSR count). The minimum atomic E-state index is -1.48. The number of aryl methyl sites for hydroxylation is 2. The van der Waals surface area contributed by atoms with Crippen molar-refractivity contribution in [2.75, 3.05) is 25.1 Å². The number of hydrogen-bond donors (Lipinski definition) is 0. The van der Waals surface area contributed by atoms with E-state index in [4.69, 9.17) is 16.5 Å². The summed E-state index contributed by atoms with van der Waals surface area (Å²) in [7, 11) is 0. The van der Waals surface area contributed by atoms with Crippen LogP contribution in [0, 0.1) is 0 Å². The molecule has 3 heteroatoms. The van der Waals surface area contributed by atoms with Gasteiger partial charge in [-0.2, -0.15) is 0 Å². The summed E-state index contributed by atoms with van der Waals surface area (Å²) in [5, 5.41) is 0. The molecular weight excluding hydrogens is 367 g/mol. The van der Waals surface area contributed by atoms with E-state index in [-0.39, 0.29) is 0 Å². The molecule has 0 aromatic heterocycles. The van der Waals surface area contributed by atoms with Crippen molar-refractivity contribution in [3.8, 4) is 5.75 Å². The quantitative estimate of drug-likeness (QED) is 0.388. The highest BCUT2D eigenvalue weighted by molar-refractivity contribution is 8.14. The van der Waals surface area contributed by atoms with Gasteiger partial charge >= 0.3 is 0 Å². The Bertz CT molecular complexity index is 787. The van der Waals surface area contributed by atoms with Crippen molar-refractivity contribution in [1.29, 1.82) is 0 Å². The number of rotatable bonds is 10. The Morgan fingerprint density at radius 2 is 1.04 bits per heavy atom. The predicted octanol–water partition coefficient (Wildman–Crippen LogP) is 6.03. The van der Waals surface area contributed by atoms with Gasteiger partial charge in [-0.05, 0) is 54.5 Å². The SMILES string of the molecule is S=P(CCOc1ccccc1)(CCc1ccccc1)CCc1ccccc1. The first-order valence-electron chi connectivity index (χ1n) is 9.56. The topological polar surface area (TPSA) is 9.23 Å². The van der Waals surface area contributed by atoms with Gasteiger partial charge in [0.15, 0.2) is 0 Å². The summed E-state index contributed by atoms with van der Waals surface area (Å²) in [6.07, 6.45) is 5.35. The third kappa shape index (κ3) is 6.97. The molecule has 0 saturated carbocycles. The maximum atomic E-state index is 6.25. The van der Waals surface area contributed by atoms with Crippen LogP contribution in [0.25, 0.3) is 0 Å². The minimum absolute atomic E-state index is 0.713. The Morgan fingerprint density at radius 1 is 0.593 bits per heavy atom. The van der Waals surface area contributed by atoms with E-state index >= 15 is 0 Å². The molecule has 0 heterocycles. The third-order valence-corrected chi connectivity index (χ3v) is 9.53. The lowest BCUT2D eigenvalue weighted by atomic mass is 10.2. The fourth-order valence-electron chi connectivity index (χ4n) is 3.14. The standard InChI is InChI=1S/C24H27OPS/c27-26(19-16-22-10-4-1-5-11-22,20-17-23-12-6-2-7-13-23)21-18-25-24-14-8-3-9-15-24/h1-15H,16-21H2. The summed E-state index contributed by atoms with van der Waals surface area (Å²) in [6.45, 7) is 0.713. The monoisotopic (exact) mass is 394 g/mol. The first-order chi connectivity index (χ1) is 13.2. The number of benzene rings is 3. The van der Waals surface area contributed by atoms with Gasteiger partial charge in [0.1, 0.15) is 5.75 Å². The Labute approximate surface area is 168 Å². The fourth-order valence-corrected chi connectivity index (χ4v) is 6.33. The van der Waals surface area contributed by atoms with Crippen molar-refractivity contribution in [3.05, 3.63) is 102 Å². The fraction of sp³-hybridized carbons (Fsp3) is 0.250. The van der Waals surface area contributed by atoms with E-state index in [0.717, 1.165) is 37.1 Å². The van der Waals surface area contributed by atoms with Crippen LogP contribution < -0.4 is 4.74 Å². The highest BCUT2D eigenvalue weighted by atomic mass is 32.4. The van der Waals surface area contributed by atoms with Gasteiger partial charge in [-0.3, -0.25) is 0 Å². The summed E-state index contributed by atoms with van der Waals surface area (Å²) in [5.41, 5.74) is 2.77. The molecule has 0 spiro atoms. The van der Waals surface area contributed by atoms with Gasteiger partial charge in [0, 0.05) is 6.16 Å². The molecule has 0 N–H and O–H groups in total. The largest absolute Gasteiger partial charge is 0.493 e. The van der Waals surface area contributed by atoms with E-state index in [0.29, 0.717) is 6.61 Å². The molecule has 0 radical (unpaired) electrons. The highest BCUT2D eigenvalue weighted by Crippen LogP contribution is 2.46. The normalized spacial score (nSPS) is 11.3. The molecule has 0 aliphatic rings. The van der Waals surface area contributed by atoms with Gasteiger partial charge in [-0.25, -0.2) is 0 Å². The van der Waals surface area contributed by atoms with Gasteiger partial charge in [-0.15, -0.1) is 0 Å². The zero-order valence-corrected chi connectivity index (χ0v) is 17.4. The molecule has 140 valence electrons. The minimum Gasteiger partial charge on any atom is -0.493 e. The van der Waals surface area contributed by atoms with Crippen molar-refractivity contribution < 1.29 is 4.74 Å². The maximum absolute atomic E-state index is 6.25.